The minimum absolute atomic E-state index is 0.953. The topological polar surface area (TPSA) is 0 Å². The highest BCUT2D eigenvalue weighted by molar-refractivity contribution is 4.66. The molecule has 0 bridgehead atoms. The van der Waals surface area contributed by atoms with E-state index < -0.39 is 0 Å². The minimum Gasteiger partial charge on any atom is -0.0654 e. The van der Waals surface area contributed by atoms with Gasteiger partial charge in [0.05, 0.1) is 0 Å². The molecule has 0 heteroatoms. The van der Waals surface area contributed by atoms with E-state index in [0.717, 1.165) is 17.8 Å². The van der Waals surface area contributed by atoms with Crippen molar-refractivity contribution in [1.82, 2.24) is 0 Å². The second-order valence-corrected chi connectivity index (χ2v) is 8.44. The third-order valence-corrected chi connectivity index (χ3v) is 5.89. The van der Waals surface area contributed by atoms with Gasteiger partial charge >= 0.3 is 0 Å². The maximum atomic E-state index is 2.49. The van der Waals surface area contributed by atoms with Gasteiger partial charge in [-0.3, -0.25) is 0 Å². The molecule has 0 spiro atoms. The standard InChI is InChI=1S/C22H44/c1-4-14-21(3)19-22-17-12-10-8-6-5-7-9-11-15-20(2)16-13-18-22/h20-22H,4-19H2,1-3H3. The van der Waals surface area contributed by atoms with Gasteiger partial charge in [-0.15, -0.1) is 0 Å². The Labute approximate surface area is 141 Å². The summed E-state index contributed by atoms with van der Waals surface area (Å²) in [4.78, 5) is 0. The normalized spacial score (nSPS) is 28.5. The number of rotatable bonds is 4. The Hall–Kier alpha value is 0. The molecule has 3 unspecified atom stereocenters. The van der Waals surface area contributed by atoms with Crippen molar-refractivity contribution < 1.29 is 0 Å². The lowest BCUT2D eigenvalue weighted by molar-refractivity contribution is 0.309. The van der Waals surface area contributed by atoms with Crippen LogP contribution in [0.15, 0.2) is 0 Å². The molecule has 0 nitrogen and oxygen atoms in total. The maximum absolute atomic E-state index is 2.49. The molecule has 132 valence electrons. The average Bonchev–Trinajstić information content (AvgIpc) is 2.49. The molecule has 0 amide bonds. The fourth-order valence-electron chi connectivity index (χ4n) is 4.45. The van der Waals surface area contributed by atoms with Gasteiger partial charge in [0.1, 0.15) is 0 Å². The van der Waals surface area contributed by atoms with Crippen LogP contribution in [-0.2, 0) is 0 Å². The molecule has 3 atom stereocenters. The Kier molecular flexibility index (Phi) is 12.2. The van der Waals surface area contributed by atoms with Gasteiger partial charge < -0.3 is 0 Å². The van der Waals surface area contributed by atoms with Crippen LogP contribution >= 0.6 is 0 Å². The Balaban J connectivity index is 2.37. The molecule has 1 aliphatic rings. The van der Waals surface area contributed by atoms with Gasteiger partial charge in [-0.05, 0) is 24.2 Å². The quantitative estimate of drug-likeness (QED) is 0.491. The summed E-state index contributed by atoms with van der Waals surface area (Å²) in [7, 11) is 0. The molecule has 0 heterocycles. The zero-order valence-electron chi connectivity index (χ0n) is 16.0. The van der Waals surface area contributed by atoms with Gasteiger partial charge in [-0.1, -0.05) is 117 Å². The van der Waals surface area contributed by atoms with Gasteiger partial charge in [0.15, 0.2) is 0 Å². The molecule has 22 heavy (non-hydrogen) atoms. The van der Waals surface area contributed by atoms with Gasteiger partial charge in [0.25, 0.3) is 0 Å². The molecular weight excluding hydrogens is 264 g/mol. The van der Waals surface area contributed by atoms with Crippen LogP contribution in [0.4, 0.5) is 0 Å². The van der Waals surface area contributed by atoms with Crippen LogP contribution in [0.5, 0.6) is 0 Å². The van der Waals surface area contributed by atoms with Crippen molar-refractivity contribution >= 4 is 0 Å². The average molecular weight is 309 g/mol. The Morgan fingerprint density at radius 3 is 1.86 bits per heavy atom. The van der Waals surface area contributed by atoms with E-state index in [1.54, 1.807) is 0 Å². The lowest BCUT2D eigenvalue weighted by atomic mass is 9.84. The maximum Gasteiger partial charge on any atom is -0.0412 e. The van der Waals surface area contributed by atoms with E-state index >= 15 is 0 Å². The summed E-state index contributed by atoms with van der Waals surface area (Å²) in [5.41, 5.74) is 0. The highest BCUT2D eigenvalue weighted by Crippen LogP contribution is 2.28. The van der Waals surface area contributed by atoms with E-state index in [4.69, 9.17) is 0 Å². The highest BCUT2D eigenvalue weighted by atomic mass is 14.2. The lowest BCUT2D eigenvalue weighted by Gasteiger charge is -2.22. The van der Waals surface area contributed by atoms with E-state index in [1.165, 1.54) is 103 Å². The SMILES string of the molecule is CCCC(C)CC1CCCCCCCCCCC(C)CCC1. The van der Waals surface area contributed by atoms with Gasteiger partial charge in [-0.2, -0.15) is 0 Å². The first-order valence-corrected chi connectivity index (χ1v) is 10.7. The van der Waals surface area contributed by atoms with Crippen molar-refractivity contribution in [3.05, 3.63) is 0 Å². The summed E-state index contributed by atoms with van der Waals surface area (Å²) >= 11 is 0. The summed E-state index contributed by atoms with van der Waals surface area (Å²) in [6.07, 6.45) is 23.7. The van der Waals surface area contributed by atoms with Crippen LogP contribution in [0.25, 0.3) is 0 Å². The fourth-order valence-corrected chi connectivity index (χ4v) is 4.45. The van der Waals surface area contributed by atoms with Crippen LogP contribution in [0, 0.1) is 17.8 Å². The molecule has 1 fully saturated rings. The van der Waals surface area contributed by atoms with Crippen molar-refractivity contribution in [2.45, 2.75) is 124 Å². The molecule has 1 saturated carbocycles. The monoisotopic (exact) mass is 308 g/mol. The van der Waals surface area contributed by atoms with Gasteiger partial charge in [-0.25, -0.2) is 0 Å². The molecule has 0 aromatic heterocycles. The minimum atomic E-state index is 0.953. The molecule has 1 aliphatic carbocycles. The number of hydrogen-bond acceptors (Lipinski definition) is 0. The molecule has 0 saturated heterocycles. The summed E-state index contributed by atoms with van der Waals surface area (Å²) in [6, 6.07) is 0. The molecule has 0 aliphatic heterocycles. The molecule has 0 radical (unpaired) electrons. The molecule has 0 aromatic rings. The van der Waals surface area contributed by atoms with Crippen molar-refractivity contribution in [2.24, 2.45) is 17.8 Å². The van der Waals surface area contributed by atoms with E-state index in [9.17, 15) is 0 Å². The second kappa shape index (κ2) is 13.4. The molecule has 1 rings (SSSR count). The largest absolute Gasteiger partial charge is 0.0654 e. The first-order chi connectivity index (χ1) is 10.7. The zero-order valence-corrected chi connectivity index (χ0v) is 16.0. The Morgan fingerprint density at radius 2 is 1.23 bits per heavy atom. The fraction of sp³-hybridized carbons (Fsp3) is 1.00. The third kappa shape index (κ3) is 10.7. The predicted octanol–water partition coefficient (Wildman–Crippen LogP) is 8.15. The summed E-state index contributed by atoms with van der Waals surface area (Å²) < 4.78 is 0. The Bertz CT molecular complexity index is 232. The van der Waals surface area contributed by atoms with Crippen molar-refractivity contribution in [2.75, 3.05) is 0 Å². The third-order valence-electron chi connectivity index (χ3n) is 5.89. The summed E-state index contributed by atoms with van der Waals surface area (Å²) in [6.45, 7) is 7.32. The van der Waals surface area contributed by atoms with Gasteiger partial charge in [0, 0.05) is 0 Å². The van der Waals surface area contributed by atoms with E-state index in [-0.39, 0.29) is 0 Å². The smallest absolute Gasteiger partial charge is 0.0412 e. The van der Waals surface area contributed by atoms with Crippen LogP contribution in [0.3, 0.4) is 0 Å². The van der Waals surface area contributed by atoms with E-state index in [2.05, 4.69) is 20.8 Å². The van der Waals surface area contributed by atoms with Gasteiger partial charge in [0.2, 0.25) is 0 Å². The van der Waals surface area contributed by atoms with E-state index in [0.29, 0.717) is 0 Å². The van der Waals surface area contributed by atoms with Crippen LogP contribution < -0.4 is 0 Å². The predicted molar refractivity (Wildman–Crippen MR) is 101 cm³/mol. The first kappa shape index (κ1) is 20.0. The van der Waals surface area contributed by atoms with E-state index in [1.807, 2.05) is 0 Å². The van der Waals surface area contributed by atoms with Crippen LogP contribution in [0.1, 0.15) is 124 Å². The van der Waals surface area contributed by atoms with Crippen molar-refractivity contribution in [1.29, 1.82) is 0 Å². The Morgan fingerprint density at radius 1 is 0.727 bits per heavy atom. The molecule has 0 N–H and O–H groups in total. The number of hydrogen-bond donors (Lipinski definition) is 0. The lowest BCUT2D eigenvalue weighted by Crippen LogP contribution is -2.08. The molecule has 0 aromatic carbocycles. The first-order valence-electron chi connectivity index (χ1n) is 10.7. The zero-order chi connectivity index (χ0) is 16.0. The second-order valence-electron chi connectivity index (χ2n) is 8.44. The summed E-state index contributed by atoms with van der Waals surface area (Å²) in [5, 5.41) is 0. The van der Waals surface area contributed by atoms with Crippen molar-refractivity contribution in [3.63, 3.8) is 0 Å². The molecular formula is C22H44. The summed E-state index contributed by atoms with van der Waals surface area (Å²) in [5.74, 6) is 2.95. The van der Waals surface area contributed by atoms with Crippen molar-refractivity contribution in [3.8, 4) is 0 Å². The highest BCUT2D eigenvalue weighted by Gasteiger charge is 2.14. The van der Waals surface area contributed by atoms with Crippen LogP contribution in [-0.4, -0.2) is 0 Å². The van der Waals surface area contributed by atoms with Crippen LogP contribution in [0.2, 0.25) is 0 Å².